The van der Waals surface area contributed by atoms with Crippen LogP contribution < -0.4 is 10.6 Å². The number of pyridine rings is 1. The van der Waals surface area contributed by atoms with Crippen molar-refractivity contribution in [3.8, 4) is 6.07 Å². The van der Waals surface area contributed by atoms with E-state index in [1.807, 2.05) is 13.8 Å². The lowest BCUT2D eigenvalue weighted by molar-refractivity contribution is 0.213. The maximum absolute atomic E-state index is 14.2. The number of hydrogen-bond acceptors (Lipinski definition) is 8. The summed E-state index contributed by atoms with van der Waals surface area (Å²) in [4.78, 5) is 15.8. The monoisotopic (exact) mass is 540 g/mol. The van der Waals surface area contributed by atoms with Crippen LogP contribution in [0.15, 0.2) is 24.5 Å². The fourth-order valence-corrected chi connectivity index (χ4v) is 5.96. The Morgan fingerprint density at radius 1 is 1.32 bits per heavy atom. The minimum atomic E-state index is -0.727. The molecule has 1 saturated heterocycles. The Balaban J connectivity index is 0.00000156. The van der Waals surface area contributed by atoms with Gasteiger partial charge in [0.25, 0.3) is 0 Å². The smallest absolute Gasteiger partial charge is 0.225 e. The summed E-state index contributed by atoms with van der Waals surface area (Å²) < 4.78 is 20.7. The molecule has 5 heterocycles. The molecule has 1 fully saturated rings. The molecule has 194 valence electrons. The summed E-state index contributed by atoms with van der Waals surface area (Å²) in [6.07, 6.45) is 4.26. The van der Waals surface area contributed by atoms with Gasteiger partial charge < -0.3 is 15.4 Å². The molecule has 2 unspecified atom stereocenters. The van der Waals surface area contributed by atoms with Crippen LogP contribution >= 0.6 is 22.9 Å². The number of rotatable bonds is 5. The standard InChI is InChI=1S/C25H24ClFN6OS.C2H6/c1-12-4-5-33(14(12)3)25-31-8-16(20(6-27)32-25)18-11-34-10-17(18)13(2)22-21-15(7-28)24(29)35-23(21)19(26)9-30-22;1-2/h8-9,12,14H,2,4-6,10-11,29H2,1,3H3;1-2H3. The second kappa shape index (κ2) is 11.1. The quantitative estimate of drug-likeness (QED) is 0.398. The summed E-state index contributed by atoms with van der Waals surface area (Å²) in [6, 6.07) is 2.45. The summed E-state index contributed by atoms with van der Waals surface area (Å²) in [7, 11) is 0. The summed E-state index contributed by atoms with van der Waals surface area (Å²) >= 11 is 7.58. The van der Waals surface area contributed by atoms with Crippen LogP contribution in [0.3, 0.4) is 0 Å². The van der Waals surface area contributed by atoms with Gasteiger partial charge in [-0.2, -0.15) is 5.26 Å². The SMILES string of the molecule is C=C(C1=C(c2cnc(N3CCC(C)C3C)nc2CF)COC1)c1ncc(Cl)c2sc(N)c(C#N)c12.CC. The molecule has 7 nitrogen and oxygen atoms in total. The molecule has 2 aliphatic heterocycles. The van der Waals surface area contributed by atoms with Crippen LogP contribution in [0.4, 0.5) is 15.3 Å². The van der Waals surface area contributed by atoms with E-state index in [-0.39, 0.29) is 13.2 Å². The van der Waals surface area contributed by atoms with Gasteiger partial charge in [0.1, 0.15) is 17.7 Å². The Hall–Kier alpha value is -3.06. The van der Waals surface area contributed by atoms with E-state index in [4.69, 9.17) is 22.1 Å². The lowest BCUT2D eigenvalue weighted by Crippen LogP contribution is -2.31. The number of alkyl halides is 1. The minimum Gasteiger partial charge on any atom is -0.389 e. The summed E-state index contributed by atoms with van der Waals surface area (Å²) in [5.41, 5.74) is 9.93. The molecule has 3 aromatic rings. The van der Waals surface area contributed by atoms with Crippen LogP contribution in [-0.2, 0) is 11.4 Å². The zero-order chi connectivity index (χ0) is 26.9. The highest BCUT2D eigenvalue weighted by Gasteiger charge is 2.31. The van der Waals surface area contributed by atoms with Gasteiger partial charge in [0.2, 0.25) is 5.95 Å². The van der Waals surface area contributed by atoms with Gasteiger partial charge in [-0.15, -0.1) is 11.3 Å². The number of thiophene rings is 1. The van der Waals surface area contributed by atoms with E-state index in [1.165, 1.54) is 17.5 Å². The predicted molar refractivity (Wildman–Crippen MR) is 149 cm³/mol. The largest absolute Gasteiger partial charge is 0.389 e. The molecule has 2 aliphatic rings. The van der Waals surface area contributed by atoms with Gasteiger partial charge in [-0.1, -0.05) is 39.0 Å². The summed E-state index contributed by atoms with van der Waals surface area (Å²) in [5, 5.41) is 11.1. The number of hydrogen-bond donors (Lipinski definition) is 1. The molecule has 2 N–H and O–H groups in total. The second-order valence-electron chi connectivity index (χ2n) is 8.90. The zero-order valence-electron chi connectivity index (χ0n) is 21.4. The molecule has 0 saturated carbocycles. The van der Waals surface area contributed by atoms with Gasteiger partial charge in [-0.05, 0) is 36.0 Å². The Morgan fingerprint density at radius 3 is 2.73 bits per heavy atom. The molecule has 2 atom stereocenters. The van der Waals surface area contributed by atoms with Gasteiger partial charge in [-0.3, -0.25) is 4.98 Å². The van der Waals surface area contributed by atoms with Gasteiger partial charge in [0.05, 0.1) is 39.9 Å². The average molecular weight is 541 g/mol. The number of nitrogen functional groups attached to an aromatic ring is 1. The lowest BCUT2D eigenvalue weighted by Gasteiger charge is -2.24. The number of ether oxygens (including phenoxy) is 1. The van der Waals surface area contributed by atoms with Crippen molar-refractivity contribution in [2.24, 2.45) is 5.92 Å². The molecule has 37 heavy (non-hydrogen) atoms. The predicted octanol–water partition coefficient (Wildman–Crippen LogP) is 6.42. The maximum atomic E-state index is 14.2. The Bertz CT molecular complexity index is 1430. The molecule has 10 heteroatoms. The van der Waals surface area contributed by atoms with Crippen LogP contribution in [-0.4, -0.2) is 40.8 Å². The summed E-state index contributed by atoms with van der Waals surface area (Å²) in [6.45, 7) is 13.3. The second-order valence-corrected chi connectivity index (χ2v) is 10.4. The molecule has 0 bridgehead atoms. The molecular formula is C27H30ClFN6OS. The van der Waals surface area contributed by atoms with E-state index >= 15 is 0 Å². The van der Waals surface area contributed by atoms with Crippen molar-refractivity contribution < 1.29 is 9.13 Å². The minimum absolute atomic E-state index is 0.273. The van der Waals surface area contributed by atoms with Crippen molar-refractivity contribution in [1.29, 1.82) is 5.26 Å². The number of aromatic nitrogens is 3. The number of anilines is 2. The molecule has 0 aliphatic carbocycles. The highest BCUT2D eigenvalue weighted by atomic mass is 35.5. The highest BCUT2D eigenvalue weighted by Crippen LogP contribution is 2.43. The highest BCUT2D eigenvalue weighted by molar-refractivity contribution is 7.23. The molecule has 0 amide bonds. The number of nitriles is 1. The Kier molecular flexibility index (Phi) is 8.12. The molecule has 0 radical (unpaired) electrons. The molecule has 0 spiro atoms. The lowest BCUT2D eigenvalue weighted by atomic mass is 9.94. The average Bonchev–Trinajstić information content (AvgIpc) is 3.62. The first-order chi connectivity index (χ1) is 17.8. The third-order valence-electron chi connectivity index (χ3n) is 7.02. The normalized spacial score (nSPS) is 19.2. The van der Waals surface area contributed by atoms with Crippen molar-refractivity contribution in [2.75, 3.05) is 30.4 Å². The fourth-order valence-electron chi connectivity index (χ4n) is 4.78. The molecule has 0 aromatic carbocycles. The van der Waals surface area contributed by atoms with E-state index in [0.717, 1.165) is 24.1 Å². The first-order valence-corrected chi connectivity index (χ1v) is 13.5. The fraction of sp³-hybridized carbons (Fsp3) is 0.407. The van der Waals surface area contributed by atoms with Crippen LogP contribution in [0.25, 0.3) is 21.2 Å². The van der Waals surface area contributed by atoms with Crippen molar-refractivity contribution in [1.82, 2.24) is 15.0 Å². The van der Waals surface area contributed by atoms with Gasteiger partial charge in [-0.25, -0.2) is 14.4 Å². The summed E-state index contributed by atoms with van der Waals surface area (Å²) in [5.74, 6) is 1.08. The number of nitrogens with zero attached hydrogens (tertiary/aromatic N) is 5. The Labute approximate surface area is 225 Å². The van der Waals surface area contributed by atoms with E-state index in [1.54, 1.807) is 6.20 Å². The Morgan fingerprint density at radius 2 is 2.08 bits per heavy atom. The first kappa shape index (κ1) is 27.0. The topological polar surface area (TPSA) is 101 Å². The van der Waals surface area contributed by atoms with Crippen molar-refractivity contribution in [3.05, 3.63) is 52.1 Å². The van der Waals surface area contributed by atoms with Crippen LogP contribution in [0.1, 0.15) is 56.6 Å². The van der Waals surface area contributed by atoms with Crippen molar-refractivity contribution in [3.63, 3.8) is 0 Å². The van der Waals surface area contributed by atoms with E-state index < -0.39 is 6.67 Å². The van der Waals surface area contributed by atoms with Crippen molar-refractivity contribution in [2.45, 2.75) is 46.8 Å². The van der Waals surface area contributed by atoms with Crippen LogP contribution in [0.2, 0.25) is 5.02 Å². The van der Waals surface area contributed by atoms with E-state index in [2.05, 4.69) is 46.3 Å². The van der Waals surface area contributed by atoms with Crippen LogP contribution in [0, 0.1) is 17.2 Å². The molecule has 3 aromatic heterocycles. The van der Waals surface area contributed by atoms with E-state index in [9.17, 15) is 9.65 Å². The third-order valence-corrected chi connectivity index (χ3v) is 8.47. The maximum Gasteiger partial charge on any atom is 0.225 e. The number of fused-ring (bicyclic) bond motifs is 1. The number of halogens is 2. The molecular weight excluding hydrogens is 511 g/mol. The van der Waals surface area contributed by atoms with Gasteiger partial charge >= 0.3 is 0 Å². The molecule has 5 rings (SSSR count). The third kappa shape index (κ3) is 4.70. The van der Waals surface area contributed by atoms with Gasteiger partial charge in [0, 0.05) is 35.9 Å². The van der Waals surface area contributed by atoms with Crippen LogP contribution in [0.5, 0.6) is 0 Å². The van der Waals surface area contributed by atoms with Gasteiger partial charge in [0.15, 0.2) is 0 Å². The number of nitrogens with two attached hydrogens (primary N) is 1. The van der Waals surface area contributed by atoms with Crippen molar-refractivity contribution >= 4 is 55.1 Å². The zero-order valence-corrected chi connectivity index (χ0v) is 23.0. The van der Waals surface area contributed by atoms with E-state index in [0.29, 0.717) is 66.1 Å². The first-order valence-electron chi connectivity index (χ1n) is 12.3.